The number of benzene rings is 1. The van der Waals surface area contributed by atoms with E-state index in [9.17, 15) is 9.18 Å². The lowest BCUT2D eigenvalue weighted by atomic mass is 10.1. The van der Waals surface area contributed by atoms with Crippen LogP contribution in [-0.4, -0.2) is 60.2 Å². The zero-order valence-corrected chi connectivity index (χ0v) is 16.8. The van der Waals surface area contributed by atoms with Gasteiger partial charge in [-0.3, -0.25) is 4.79 Å². The molecule has 4 N–H and O–H groups in total. The molecule has 1 saturated heterocycles. The number of nitrogen functional groups attached to an aromatic ring is 1. The van der Waals surface area contributed by atoms with E-state index in [-0.39, 0.29) is 35.2 Å². The summed E-state index contributed by atoms with van der Waals surface area (Å²) in [4.78, 5) is 22.8. The molecule has 0 saturated carbocycles. The summed E-state index contributed by atoms with van der Waals surface area (Å²) < 4.78 is 25.8. The lowest BCUT2D eigenvalue weighted by molar-refractivity contribution is -0.0587. The van der Waals surface area contributed by atoms with Crippen molar-refractivity contribution in [2.75, 3.05) is 43.6 Å². The molecule has 1 fully saturated rings. The molecule has 29 heavy (non-hydrogen) atoms. The Morgan fingerprint density at radius 3 is 2.66 bits per heavy atom. The molecule has 10 heteroatoms. The van der Waals surface area contributed by atoms with Gasteiger partial charge in [0, 0.05) is 26.2 Å². The number of hydrogen-bond donors (Lipinski definition) is 3. The molecule has 156 valence electrons. The van der Waals surface area contributed by atoms with Gasteiger partial charge < -0.3 is 30.7 Å². The molecular weight excluding hydrogens is 379 g/mol. The summed E-state index contributed by atoms with van der Waals surface area (Å²) in [5, 5.41) is 5.75. The number of nitrogens with zero attached hydrogens (tertiary/aromatic N) is 3. The predicted octanol–water partition coefficient (Wildman–Crippen LogP) is 2.24. The molecule has 1 aromatic heterocycles. The van der Waals surface area contributed by atoms with Crippen molar-refractivity contribution in [3.63, 3.8) is 0 Å². The van der Waals surface area contributed by atoms with Gasteiger partial charge in [-0.2, -0.15) is 4.98 Å². The van der Waals surface area contributed by atoms with Crippen molar-refractivity contribution in [2.24, 2.45) is 0 Å². The van der Waals surface area contributed by atoms with E-state index in [1.807, 2.05) is 13.8 Å². The van der Waals surface area contributed by atoms with E-state index in [4.69, 9.17) is 15.2 Å². The number of nitrogens with one attached hydrogen (secondary N) is 2. The van der Waals surface area contributed by atoms with Crippen LogP contribution in [0.1, 0.15) is 24.2 Å². The number of morpholine rings is 1. The fourth-order valence-electron chi connectivity index (χ4n) is 3.27. The first-order valence-corrected chi connectivity index (χ1v) is 9.22. The fourth-order valence-corrected chi connectivity index (χ4v) is 3.27. The summed E-state index contributed by atoms with van der Waals surface area (Å²) in [5.41, 5.74) is 6.37. The van der Waals surface area contributed by atoms with E-state index >= 15 is 0 Å². The van der Waals surface area contributed by atoms with Crippen molar-refractivity contribution in [1.29, 1.82) is 0 Å². The molecule has 1 aromatic carbocycles. The zero-order chi connectivity index (χ0) is 21.1. The van der Waals surface area contributed by atoms with Crippen LogP contribution in [0.3, 0.4) is 0 Å². The van der Waals surface area contributed by atoms with Crippen LogP contribution >= 0.6 is 0 Å². The summed E-state index contributed by atoms with van der Waals surface area (Å²) in [5.74, 6) is -0.152. The first-order chi connectivity index (χ1) is 13.8. The molecule has 2 heterocycles. The van der Waals surface area contributed by atoms with Gasteiger partial charge >= 0.3 is 0 Å². The van der Waals surface area contributed by atoms with Crippen LogP contribution in [0.4, 0.5) is 27.5 Å². The van der Waals surface area contributed by atoms with Crippen molar-refractivity contribution < 1.29 is 18.7 Å². The summed E-state index contributed by atoms with van der Waals surface area (Å²) >= 11 is 0. The van der Waals surface area contributed by atoms with E-state index in [2.05, 4.69) is 20.6 Å². The molecule has 1 aliphatic heterocycles. The highest BCUT2D eigenvalue weighted by molar-refractivity contribution is 5.96. The first kappa shape index (κ1) is 20.6. The Hall–Kier alpha value is -3.14. The number of ether oxygens (including phenoxy) is 2. The van der Waals surface area contributed by atoms with E-state index in [0.717, 1.165) is 0 Å². The summed E-state index contributed by atoms with van der Waals surface area (Å²) in [6.07, 6.45) is 1.21. The fraction of sp³-hybridized carbons (Fsp3) is 0.421. The SMILES string of the molecule is CNc1nc(Nc2cc(F)c(C(=O)N3C[C@@H](C)O[C@@H](C)C3)cc2OC)ncc1N. The summed E-state index contributed by atoms with van der Waals surface area (Å²) in [6, 6.07) is 2.57. The highest BCUT2D eigenvalue weighted by Gasteiger charge is 2.29. The van der Waals surface area contributed by atoms with Gasteiger partial charge in [-0.1, -0.05) is 0 Å². The minimum absolute atomic E-state index is 0.0668. The predicted molar refractivity (Wildman–Crippen MR) is 108 cm³/mol. The molecule has 9 nitrogen and oxygen atoms in total. The van der Waals surface area contributed by atoms with Gasteiger partial charge in [0.25, 0.3) is 5.91 Å². The van der Waals surface area contributed by atoms with E-state index < -0.39 is 11.7 Å². The Labute approximate surface area is 168 Å². The third-order valence-electron chi connectivity index (χ3n) is 4.53. The normalized spacial score (nSPS) is 19.0. The number of halogens is 1. The number of nitrogens with two attached hydrogens (primary N) is 1. The molecule has 0 bridgehead atoms. The smallest absolute Gasteiger partial charge is 0.257 e. The second kappa shape index (κ2) is 8.48. The molecule has 3 rings (SSSR count). The van der Waals surface area contributed by atoms with Crippen LogP contribution in [0.5, 0.6) is 5.75 Å². The second-order valence-electron chi connectivity index (χ2n) is 6.87. The van der Waals surface area contributed by atoms with Crippen LogP contribution in [0, 0.1) is 5.82 Å². The number of anilines is 4. The van der Waals surface area contributed by atoms with Gasteiger partial charge in [0.2, 0.25) is 5.95 Å². The van der Waals surface area contributed by atoms with Gasteiger partial charge in [0.1, 0.15) is 11.6 Å². The van der Waals surface area contributed by atoms with Crippen molar-refractivity contribution >= 4 is 29.0 Å². The summed E-state index contributed by atoms with van der Waals surface area (Å²) in [6.45, 7) is 4.56. The second-order valence-corrected chi connectivity index (χ2v) is 6.87. The monoisotopic (exact) mass is 404 g/mol. The highest BCUT2D eigenvalue weighted by Crippen LogP contribution is 2.31. The minimum Gasteiger partial charge on any atom is -0.495 e. The lowest BCUT2D eigenvalue weighted by Crippen LogP contribution is -2.48. The Morgan fingerprint density at radius 2 is 2.03 bits per heavy atom. The third kappa shape index (κ3) is 4.48. The van der Waals surface area contributed by atoms with Crippen LogP contribution in [0.15, 0.2) is 18.3 Å². The molecule has 1 amide bonds. The Balaban J connectivity index is 1.88. The maximum atomic E-state index is 14.8. The Kier molecular flexibility index (Phi) is 6.02. The number of carbonyl (C=O) groups excluding carboxylic acids is 1. The number of amides is 1. The first-order valence-electron chi connectivity index (χ1n) is 9.22. The highest BCUT2D eigenvalue weighted by atomic mass is 19.1. The molecular formula is C19H25FN6O3. The van der Waals surface area contributed by atoms with Crippen LogP contribution in [0.25, 0.3) is 0 Å². The minimum atomic E-state index is -0.672. The Morgan fingerprint density at radius 1 is 1.34 bits per heavy atom. The van der Waals surface area contributed by atoms with E-state index in [1.165, 1.54) is 25.4 Å². The van der Waals surface area contributed by atoms with E-state index in [1.54, 1.807) is 11.9 Å². The zero-order valence-electron chi connectivity index (χ0n) is 16.8. The van der Waals surface area contributed by atoms with Crippen molar-refractivity contribution in [2.45, 2.75) is 26.1 Å². The average Bonchev–Trinajstić information content (AvgIpc) is 2.68. The number of aromatic nitrogens is 2. The standard InChI is InChI=1S/C19H25FN6O3/c1-10-8-26(9-11(2)29-10)18(27)12-5-16(28-4)15(6-13(12)20)24-19-23-7-14(21)17(22-3)25-19/h5-7,10-11H,8-9,21H2,1-4H3,(H2,22,23,24,25)/t10-,11+. The van der Waals surface area contributed by atoms with Crippen LogP contribution in [0.2, 0.25) is 0 Å². The molecule has 0 aliphatic carbocycles. The lowest BCUT2D eigenvalue weighted by Gasteiger charge is -2.35. The molecule has 2 atom stereocenters. The van der Waals surface area contributed by atoms with Gasteiger partial charge in [0.15, 0.2) is 5.82 Å². The van der Waals surface area contributed by atoms with Gasteiger partial charge in [-0.25, -0.2) is 9.37 Å². The molecule has 2 aromatic rings. The van der Waals surface area contributed by atoms with Gasteiger partial charge in [-0.05, 0) is 19.9 Å². The molecule has 0 spiro atoms. The molecule has 0 radical (unpaired) electrons. The van der Waals surface area contributed by atoms with Crippen molar-refractivity contribution in [3.05, 3.63) is 29.7 Å². The maximum absolute atomic E-state index is 14.8. The number of carbonyl (C=O) groups is 1. The quantitative estimate of drug-likeness (QED) is 0.695. The number of rotatable bonds is 5. The third-order valence-corrected chi connectivity index (χ3v) is 4.53. The number of hydrogen-bond acceptors (Lipinski definition) is 8. The maximum Gasteiger partial charge on any atom is 0.257 e. The number of methoxy groups -OCH3 is 1. The molecule has 0 unspecified atom stereocenters. The van der Waals surface area contributed by atoms with Crippen molar-refractivity contribution in [1.82, 2.24) is 14.9 Å². The van der Waals surface area contributed by atoms with E-state index in [0.29, 0.717) is 24.6 Å². The van der Waals surface area contributed by atoms with Crippen LogP contribution < -0.4 is 21.1 Å². The molecule has 1 aliphatic rings. The summed E-state index contributed by atoms with van der Waals surface area (Å²) in [7, 11) is 3.12. The van der Waals surface area contributed by atoms with Gasteiger partial charge in [0.05, 0.1) is 42.5 Å². The average molecular weight is 404 g/mol. The largest absolute Gasteiger partial charge is 0.495 e. The Bertz CT molecular complexity index is 900. The topological polar surface area (TPSA) is 115 Å². The van der Waals surface area contributed by atoms with Gasteiger partial charge in [-0.15, -0.1) is 0 Å². The van der Waals surface area contributed by atoms with Crippen LogP contribution in [-0.2, 0) is 4.74 Å². The van der Waals surface area contributed by atoms with Crippen molar-refractivity contribution in [3.8, 4) is 5.75 Å².